The number of rotatable bonds is 4. The Kier molecular flexibility index (Phi) is 5.08. The summed E-state index contributed by atoms with van der Waals surface area (Å²) in [5.41, 5.74) is 16.8. The van der Waals surface area contributed by atoms with Gasteiger partial charge >= 0.3 is 0 Å². The maximum Gasteiger partial charge on any atom is 0.0479 e. The summed E-state index contributed by atoms with van der Waals surface area (Å²) in [5.74, 6) is 0. The van der Waals surface area contributed by atoms with E-state index < -0.39 is 0 Å². The number of nitrogen functional groups attached to an aromatic ring is 1. The van der Waals surface area contributed by atoms with Gasteiger partial charge in [0, 0.05) is 16.8 Å². The maximum absolute atomic E-state index is 6.93. The number of hydrogen-bond acceptors (Lipinski definition) is 1. The highest BCUT2D eigenvalue weighted by atomic mass is 14.6. The number of hydrogen-bond donors (Lipinski definition) is 1. The zero-order valence-corrected chi connectivity index (χ0v) is 17.2. The summed E-state index contributed by atoms with van der Waals surface area (Å²) in [6.45, 7) is 0. The molecule has 0 fully saturated rings. The predicted octanol–water partition coefficient (Wildman–Crippen LogP) is 7.94. The van der Waals surface area contributed by atoms with Gasteiger partial charge in [-0.25, -0.2) is 0 Å². The van der Waals surface area contributed by atoms with E-state index in [1.54, 1.807) is 0 Å². The Morgan fingerprint density at radius 2 is 0.742 bits per heavy atom. The standard InChI is InChI=1S/C30H23N/c31-30-28(27-19-11-10-18-25(27)22-12-4-1-5-13-22)21-20-26(23-14-6-2-7-15-23)29(30)24-16-8-3-9-17-24/h1-21H,31H2. The highest BCUT2D eigenvalue weighted by Crippen LogP contribution is 2.44. The number of nitrogens with two attached hydrogens (primary N) is 1. The van der Waals surface area contributed by atoms with Gasteiger partial charge in [-0.2, -0.15) is 0 Å². The first-order valence-corrected chi connectivity index (χ1v) is 10.5. The van der Waals surface area contributed by atoms with Crippen LogP contribution in [0, 0.1) is 0 Å². The van der Waals surface area contributed by atoms with Gasteiger partial charge in [0.05, 0.1) is 0 Å². The van der Waals surface area contributed by atoms with E-state index in [4.69, 9.17) is 5.73 Å². The van der Waals surface area contributed by atoms with Crippen molar-refractivity contribution in [1.82, 2.24) is 0 Å². The van der Waals surface area contributed by atoms with Gasteiger partial charge in [0.25, 0.3) is 0 Å². The van der Waals surface area contributed by atoms with E-state index >= 15 is 0 Å². The van der Waals surface area contributed by atoms with Crippen LogP contribution in [-0.2, 0) is 0 Å². The zero-order valence-electron chi connectivity index (χ0n) is 17.2. The first-order chi connectivity index (χ1) is 15.3. The molecule has 5 aromatic carbocycles. The molecule has 0 aliphatic heterocycles. The molecule has 0 saturated heterocycles. The van der Waals surface area contributed by atoms with E-state index in [0.717, 1.165) is 39.1 Å². The normalized spacial score (nSPS) is 10.7. The monoisotopic (exact) mass is 397 g/mol. The molecule has 5 aromatic rings. The number of benzene rings is 5. The molecule has 0 aliphatic rings. The summed E-state index contributed by atoms with van der Waals surface area (Å²) in [7, 11) is 0. The predicted molar refractivity (Wildman–Crippen MR) is 133 cm³/mol. The molecule has 0 radical (unpaired) electrons. The molecule has 0 saturated carbocycles. The van der Waals surface area contributed by atoms with Gasteiger partial charge in [-0.1, -0.05) is 127 Å². The van der Waals surface area contributed by atoms with Crippen LogP contribution in [0.2, 0.25) is 0 Å². The summed E-state index contributed by atoms with van der Waals surface area (Å²) in [4.78, 5) is 0. The Morgan fingerprint density at radius 3 is 1.32 bits per heavy atom. The first kappa shape index (κ1) is 18.9. The second-order valence-corrected chi connectivity index (χ2v) is 7.59. The number of anilines is 1. The van der Waals surface area contributed by atoms with Crippen molar-refractivity contribution in [2.75, 3.05) is 5.73 Å². The second kappa shape index (κ2) is 8.33. The lowest BCUT2D eigenvalue weighted by atomic mass is 9.87. The highest BCUT2D eigenvalue weighted by Gasteiger charge is 2.17. The molecule has 31 heavy (non-hydrogen) atoms. The van der Waals surface area contributed by atoms with Crippen LogP contribution in [0.3, 0.4) is 0 Å². The van der Waals surface area contributed by atoms with Crippen molar-refractivity contribution in [3.63, 3.8) is 0 Å². The van der Waals surface area contributed by atoms with E-state index in [9.17, 15) is 0 Å². The van der Waals surface area contributed by atoms with E-state index in [-0.39, 0.29) is 0 Å². The molecule has 0 aromatic heterocycles. The van der Waals surface area contributed by atoms with Gasteiger partial charge in [0.2, 0.25) is 0 Å². The highest BCUT2D eigenvalue weighted by molar-refractivity contribution is 6.00. The molecule has 1 heteroatoms. The summed E-state index contributed by atoms with van der Waals surface area (Å²) < 4.78 is 0. The molecule has 2 N–H and O–H groups in total. The lowest BCUT2D eigenvalue weighted by Crippen LogP contribution is -1.98. The first-order valence-electron chi connectivity index (χ1n) is 10.5. The van der Waals surface area contributed by atoms with Crippen molar-refractivity contribution in [1.29, 1.82) is 0 Å². The van der Waals surface area contributed by atoms with E-state index in [0.29, 0.717) is 0 Å². The molecular weight excluding hydrogens is 374 g/mol. The van der Waals surface area contributed by atoms with Gasteiger partial charge in [-0.05, 0) is 33.4 Å². The van der Waals surface area contributed by atoms with Crippen LogP contribution in [0.1, 0.15) is 0 Å². The van der Waals surface area contributed by atoms with Crippen molar-refractivity contribution in [2.24, 2.45) is 0 Å². The smallest absolute Gasteiger partial charge is 0.0479 e. The minimum absolute atomic E-state index is 0.802. The molecule has 0 amide bonds. The summed E-state index contributed by atoms with van der Waals surface area (Å²) >= 11 is 0. The Balaban J connectivity index is 1.77. The largest absolute Gasteiger partial charge is 0.398 e. The van der Waals surface area contributed by atoms with Crippen molar-refractivity contribution < 1.29 is 0 Å². The van der Waals surface area contributed by atoms with Gasteiger partial charge in [-0.3, -0.25) is 0 Å². The molecule has 0 spiro atoms. The molecule has 0 heterocycles. The van der Waals surface area contributed by atoms with Crippen LogP contribution in [0.25, 0.3) is 44.5 Å². The third-order valence-electron chi connectivity index (χ3n) is 5.69. The topological polar surface area (TPSA) is 26.0 Å². The molecule has 5 rings (SSSR count). The van der Waals surface area contributed by atoms with Crippen LogP contribution < -0.4 is 5.73 Å². The Morgan fingerprint density at radius 1 is 0.323 bits per heavy atom. The van der Waals surface area contributed by atoms with Gasteiger partial charge in [-0.15, -0.1) is 0 Å². The van der Waals surface area contributed by atoms with Crippen LogP contribution in [-0.4, -0.2) is 0 Å². The average molecular weight is 398 g/mol. The minimum Gasteiger partial charge on any atom is -0.398 e. The Bertz CT molecular complexity index is 1310. The fourth-order valence-electron chi connectivity index (χ4n) is 4.22. The lowest BCUT2D eigenvalue weighted by Gasteiger charge is -2.19. The van der Waals surface area contributed by atoms with Crippen molar-refractivity contribution >= 4 is 5.69 Å². The quantitative estimate of drug-likeness (QED) is 0.306. The molecule has 0 unspecified atom stereocenters. The molecule has 0 bridgehead atoms. The van der Waals surface area contributed by atoms with Crippen LogP contribution in [0.4, 0.5) is 5.69 Å². The Hall–Kier alpha value is -4.10. The summed E-state index contributed by atoms with van der Waals surface area (Å²) in [6, 6.07) is 44.2. The third kappa shape index (κ3) is 3.62. The third-order valence-corrected chi connectivity index (χ3v) is 5.69. The fraction of sp³-hybridized carbons (Fsp3) is 0. The fourth-order valence-corrected chi connectivity index (χ4v) is 4.22. The van der Waals surface area contributed by atoms with E-state index in [1.165, 1.54) is 11.1 Å². The van der Waals surface area contributed by atoms with Crippen LogP contribution in [0.15, 0.2) is 127 Å². The molecule has 0 atom stereocenters. The van der Waals surface area contributed by atoms with E-state index in [2.05, 4.69) is 109 Å². The average Bonchev–Trinajstić information content (AvgIpc) is 2.85. The molecule has 0 aliphatic carbocycles. The maximum atomic E-state index is 6.93. The summed E-state index contributed by atoms with van der Waals surface area (Å²) in [5, 5.41) is 0. The minimum atomic E-state index is 0.802. The zero-order chi connectivity index (χ0) is 21.0. The van der Waals surface area contributed by atoms with Crippen molar-refractivity contribution in [3.8, 4) is 44.5 Å². The van der Waals surface area contributed by atoms with Crippen molar-refractivity contribution in [3.05, 3.63) is 127 Å². The summed E-state index contributed by atoms with van der Waals surface area (Å²) in [6.07, 6.45) is 0. The van der Waals surface area contributed by atoms with E-state index in [1.807, 2.05) is 18.2 Å². The second-order valence-electron chi connectivity index (χ2n) is 7.59. The molecule has 1 nitrogen and oxygen atoms in total. The van der Waals surface area contributed by atoms with Crippen LogP contribution >= 0.6 is 0 Å². The van der Waals surface area contributed by atoms with Crippen molar-refractivity contribution in [2.45, 2.75) is 0 Å². The SMILES string of the molecule is Nc1c(-c2ccccc2-c2ccccc2)ccc(-c2ccccc2)c1-c1ccccc1. The lowest BCUT2D eigenvalue weighted by molar-refractivity contribution is 1.55. The molecule has 148 valence electrons. The van der Waals surface area contributed by atoms with Gasteiger partial charge in [0.15, 0.2) is 0 Å². The van der Waals surface area contributed by atoms with Crippen LogP contribution in [0.5, 0.6) is 0 Å². The molecular formula is C30H23N. The Labute approximate surface area is 183 Å². The van der Waals surface area contributed by atoms with Gasteiger partial charge < -0.3 is 5.73 Å². The van der Waals surface area contributed by atoms with Gasteiger partial charge in [0.1, 0.15) is 0 Å².